The first-order chi connectivity index (χ1) is 25.5. The second kappa shape index (κ2) is 17.7. The van der Waals surface area contributed by atoms with Gasteiger partial charge in [-0.05, 0) is 122 Å². The number of hydrogen-bond donors (Lipinski definition) is 1. The van der Waals surface area contributed by atoms with Crippen LogP contribution in [-0.2, 0) is 29.5 Å². The van der Waals surface area contributed by atoms with Gasteiger partial charge in [0.2, 0.25) is 5.91 Å². The summed E-state index contributed by atoms with van der Waals surface area (Å²) in [5.41, 5.74) is 6.69. The molecule has 1 spiro atoms. The predicted molar refractivity (Wildman–Crippen MR) is 220 cm³/mol. The van der Waals surface area contributed by atoms with E-state index in [4.69, 9.17) is 9.47 Å². The van der Waals surface area contributed by atoms with Crippen LogP contribution in [0.25, 0.3) is 10.8 Å². The number of likely N-dealkylation sites (tertiary alicyclic amines) is 1. The van der Waals surface area contributed by atoms with Gasteiger partial charge >= 0.3 is 0 Å². The fraction of sp³-hybridized carbons (Fsp3) is 0.383. The number of methoxy groups -OCH3 is 2. The highest BCUT2D eigenvalue weighted by Gasteiger charge is 2.42. The van der Waals surface area contributed by atoms with Crippen molar-refractivity contribution in [3.05, 3.63) is 143 Å². The summed E-state index contributed by atoms with van der Waals surface area (Å²) in [5, 5.41) is 5.60. The highest BCUT2D eigenvalue weighted by atomic mass is 35.5. The molecule has 5 aromatic carbocycles. The molecule has 1 saturated heterocycles. The molecule has 2 aliphatic rings. The molecule has 1 heterocycles. The zero-order valence-corrected chi connectivity index (χ0v) is 32.3. The van der Waals surface area contributed by atoms with Gasteiger partial charge in [-0.1, -0.05) is 110 Å². The molecule has 1 amide bonds. The van der Waals surface area contributed by atoms with E-state index in [0.29, 0.717) is 13.0 Å². The van der Waals surface area contributed by atoms with Crippen LogP contribution < -0.4 is 14.8 Å². The summed E-state index contributed by atoms with van der Waals surface area (Å²) in [6, 6.07) is 41.2. The monoisotopic (exact) mass is 730 g/mol. The summed E-state index contributed by atoms with van der Waals surface area (Å²) < 4.78 is 11.4. The van der Waals surface area contributed by atoms with Crippen LogP contribution >= 0.6 is 12.4 Å². The number of rotatable bonds is 14. The normalized spacial score (nSPS) is 17.2. The Morgan fingerprint density at radius 1 is 0.755 bits per heavy atom. The maximum absolute atomic E-state index is 13.2. The lowest BCUT2D eigenvalue weighted by Crippen LogP contribution is -2.55. The Kier molecular flexibility index (Phi) is 12.8. The molecule has 5 aromatic rings. The number of piperidine rings is 1. The fourth-order valence-electron chi connectivity index (χ4n) is 9.41. The lowest BCUT2D eigenvalue weighted by Gasteiger charge is -2.50. The number of aryl methyl sites for hydroxylation is 1. The third kappa shape index (κ3) is 8.42. The lowest BCUT2D eigenvalue weighted by atomic mass is 9.68. The largest absolute Gasteiger partial charge is 0.493 e. The molecule has 1 aliphatic carbocycles. The summed E-state index contributed by atoms with van der Waals surface area (Å²) in [7, 11) is 3.47. The van der Waals surface area contributed by atoms with Crippen molar-refractivity contribution in [2.75, 3.05) is 33.9 Å². The van der Waals surface area contributed by atoms with E-state index < -0.39 is 0 Å². The molecule has 0 bridgehead atoms. The number of hydrogen-bond acceptors (Lipinski definition) is 4. The SMILES string of the molecule is COc1cc2c(cc1OC)CC1(CCCCN1CCCC(CCCNC(=O)Cc1cccc3ccccc13)(c1ccccc1)c1ccccc1)CC2.Cl. The van der Waals surface area contributed by atoms with E-state index >= 15 is 0 Å². The van der Waals surface area contributed by atoms with Crippen LogP contribution in [0.3, 0.4) is 0 Å². The van der Waals surface area contributed by atoms with E-state index in [1.807, 2.05) is 18.2 Å². The van der Waals surface area contributed by atoms with E-state index in [1.165, 1.54) is 53.3 Å². The van der Waals surface area contributed by atoms with Gasteiger partial charge in [0.25, 0.3) is 0 Å². The van der Waals surface area contributed by atoms with E-state index in [2.05, 4.69) is 107 Å². The Balaban J connectivity index is 0.00000481. The van der Waals surface area contributed by atoms with Crippen LogP contribution in [0.2, 0.25) is 0 Å². The standard InChI is InChI=1S/C47H54N2O3.ClH/c1-51-43-32-37-24-28-46(35-39(37)33-44(43)52-2)25-11-12-30-49(46)31-15-27-47(40-19-5-3-6-20-40,41-21-7-4-8-22-41)26-14-29-48-45(50)34-38-18-13-17-36-16-9-10-23-42(36)38;/h3-10,13,16-23,32-33H,11-12,14-15,24-31,34-35H2,1-2H3,(H,48,50);1H. The Morgan fingerprint density at radius 2 is 1.40 bits per heavy atom. The molecule has 1 N–H and O–H groups in total. The third-order valence-corrected chi connectivity index (χ3v) is 12.1. The number of amides is 1. The molecule has 1 atom stereocenters. The summed E-state index contributed by atoms with van der Waals surface area (Å²) in [4.78, 5) is 16.1. The molecule has 0 radical (unpaired) electrons. The number of ether oxygens (including phenoxy) is 2. The highest BCUT2D eigenvalue weighted by Crippen LogP contribution is 2.45. The maximum Gasteiger partial charge on any atom is 0.224 e. The first-order valence-corrected chi connectivity index (χ1v) is 19.4. The summed E-state index contributed by atoms with van der Waals surface area (Å²) >= 11 is 0. The molecule has 1 unspecified atom stereocenters. The Labute approximate surface area is 322 Å². The third-order valence-electron chi connectivity index (χ3n) is 12.1. The molecular weight excluding hydrogens is 676 g/mol. The molecule has 278 valence electrons. The van der Waals surface area contributed by atoms with Crippen molar-refractivity contribution in [2.24, 2.45) is 0 Å². The van der Waals surface area contributed by atoms with Crippen molar-refractivity contribution in [3.8, 4) is 11.5 Å². The van der Waals surface area contributed by atoms with Gasteiger partial charge < -0.3 is 14.8 Å². The zero-order valence-electron chi connectivity index (χ0n) is 31.4. The van der Waals surface area contributed by atoms with E-state index in [0.717, 1.165) is 74.1 Å². The van der Waals surface area contributed by atoms with Gasteiger partial charge in [0.1, 0.15) is 0 Å². The van der Waals surface area contributed by atoms with Crippen molar-refractivity contribution < 1.29 is 14.3 Å². The lowest BCUT2D eigenvalue weighted by molar-refractivity contribution is -0.120. The molecule has 1 fully saturated rings. The number of carbonyl (C=O) groups excluding carboxylic acids is 1. The Hall–Kier alpha value is -4.32. The van der Waals surface area contributed by atoms with Crippen LogP contribution in [0.4, 0.5) is 0 Å². The van der Waals surface area contributed by atoms with E-state index in [1.54, 1.807) is 14.2 Å². The van der Waals surface area contributed by atoms with Crippen molar-refractivity contribution >= 4 is 29.1 Å². The zero-order chi connectivity index (χ0) is 35.8. The van der Waals surface area contributed by atoms with Crippen LogP contribution in [0.15, 0.2) is 115 Å². The minimum absolute atomic E-state index is 0. The first-order valence-electron chi connectivity index (χ1n) is 19.4. The van der Waals surface area contributed by atoms with E-state index in [9.17, 15) is 4.79 Å². The Morgan fingerprint density at radius 3 is 2.11 bits per heavy atom. The highest BCUT2D eigenvalue weighted by molar-refractivity contribution is 5.90. The number of nitrogens with one attached hydrogen (secondary N) is 1. The van der Waals surface area contributed by atoms with Crippen molar-refractivity contribution in [3.63, 3.8) is 0 Å². The number of benzene rings is 5. The summed E-state index contributed by atoms with van der Waals surface area (Å²) in [6.45, 7) is 2.91. The quantitative estimate of drug-likeness (QED) is 0.116. The van der Waals surface area contributed by atoms with Gasteiger partial charge in [0, 0.05) is 17.5 Å². The van der Waals surface area contributed by atoms with Crippen molar-refractivity contribution in [1.29, 1.82) is 0 Å². The van der Waals surface area contributed by atoms with Crippen LogP contribution in [0, 0.1) is 0 Å². The number of fused-ring (bicyclic) bond motifs is 2. The minimum atomic E-state index is -0.144. The molecule has 6 heteroatoms. The second-order valence-corrected chi connectivity index (χ2v) is 15.0. The number of nitrogens with zero attached hydrogens (tertiary/aromatic N) is 1. The molecule has 5 nitrogen and oxygen atoms in total. The van der Waals surface area contributed by atoms with E-state index in [-0.39, 0.29) is 29.3 Å². The fourth-order valence-corrected chi connectivity index (χ4v) is 9.41. The number of carbonyl (C=O) groups is 1. The summed E-state index contributed by atoms with van der Waals surface area (Å²) in [5.74, 6) is 1.75. The maximum atomic E-state index is 13.2. The van der Waals surface area contributed by atoms with Crippen molar-refractivity contribution in [1.82, 2.24) is 10.2 Å². The smallest absolute Gasteiger partial charge is 0.224 e. The van der Waals surface area contributed by atoms with Gasteiger partial charge in [-0.3, -0.25) is 9.69 Å². The average Bonchev–Trinajstić information content (AvgIpc) is 3.20. The van der Waals surface area contributed by atoms with Crippen LogP contribution in [0.1, 0.15) is 79.2 Å². The van der Waals surface area contributed by atoms with Crippen LogP contribution in [-0.4, -0.2) is 50.2 Å². The van der Waals surface area contributed by atoms with Gasteiger partial charge in [0.15, 0.2) is 11.5 Å². The molecule has 0 aromatic heterocycles. The first kappa shape index (κ1) is 38.4. The topological polar surface area (TPSA) is 50.8 Å². The van der Waals surface area contributed by atoms with Gasteiger partial charge in [-0.15, -0.1) is 12.4 Å². The second-order valence-electron chi connectivity index (χ2n) is 15.0. The van der Waals surface area contributed by atoms with Crippen LogP contribution in [0.5, 0.6) is 11.5 Å². The minimum Gasteiger partial charge on any atom is -0.493 e. The molecule has 7 rings (SSSR count). The van der Waals surface area contributed by atoms with Crippen molar-refractivity contribution in [2.45, 2.75) is 81.6 Å². The molecular formula is C47H55ClN2O3. The average molecular weight is 731 g/mol. The Bertz CT molecular complexity index is 1900. The number of halogens is 1. The predicted octanol–water partition coefficient (Wildman–Crippen LogP) is 9.90. The molecule has 53 heavy (non-hydrogen) atoms. The molecule has 0 saturated carbocycles. The summed E-state index contributed by atoms with van der Waals surface area (Å²) in [6.07, 6.45) is 11.6. The van der Waals surface area contributed by atoms with Gasteiger partial charge in [-0.25, -0.2) is 0 Å². The molecule has 1 aliphatic heterocycles. The van der Waals surface area contributed by atoms with Gasteiger partial charge in [-0.2, -0.15) is 0 Å². The van der Waals surface area contributed by atoms with Gasteiger partial charge in [0.05, 0.1) is 20.6 Å².